The van der Waals surface area contributed by atoms with E-state index >= 15 is 0 Å². The molecule has 2 bridgehead atoms. The minimum atomic E-state index is 0.288. The van der Waals surface area contributed by atoms with E-state index in [1.807, 2.05) is 12.1 Å². The smallest absolute Gasteiger partial charge is 0.227 e. The molecule has 4 rings (SSSR count). The summed E-state index contributed by atoms with van der Waals surface area (Å²) < 4.78 is 0. The summed E-state index contributed by atoms with van der Waals surface area (Å²) in [5, 5.41) is 2.41. The Morgan fingerprint density at radius 1 is 1.05 bits per heavy atom. The van der Waals surface area contributed by atoms with E-state index in [1.165, 1.54) is 16.3 Å². The number of carbonyl (C=O) groups is 1. The molecule has 2 aromatic rings. The fourth-order valence-corrected chi connectivity index (χ4v) is 4.22. The molecule has 112 valence electrons. The lowest BCUT2D eigenvalue weighted by Gasteiger charge is -2.36. The van der Waals surface area contributed by atoms with Crippen LogP contribution in [0.25, 0.3) is 10.8 Å². The van der Waals surface area contributed by atoms with E-state index in [0.717, 1.165) is 31.2 Å². The highest BCUT2D eigenvalue weighted by Crippen LogP contribution is 2.38. The van der Waals surface area contributed by atoms with Gasteiger partial charge in [-0.1, -0.05) is 54.6 Å². The topological polar surface area (TPSA) is 20.3 Å². The van der Waals surface area contributed by atoms with Crippen molar-refractivity contribution in [2.24, 2.45) is 0 Å². The fourth-order valence-electron chi connectivity index (χ4n) is 4.22. The first-order chi connectivity index (χ1) is 10.7. The Morgan fingerprint density at radius 3 is 2.50 bits per heavy atom. The van der Waals surface area contributed by atoms with Gasteiger partial charge in [-0.15, -0.1) is 0 Å². The van der Waals surface area contributed by atoms with E-state index in [0.29, 0.717) is 18.5 Å². The van der Waals surface area contributed by atoms with Gasteiger partial charge in [-0.3, -0.25) is 4.79 Å². The number of hydrogen-bond acceptors (Lipinski definition) is 1. The minimum absolute atomic E-state index is 0.288. The third-order valence-corrected chi connectivity index (χ3v) is 5.18. The lowest BCUT2D eigenvalue weighted by Crippen LogP contribution is -2.45. The van der Waals surface area contributed by atoms with Gasteiger partial charge in [0.15, 0.2) is 0 Å². The van der Waals surface area contributed by atoms with E-state index in [4.69, 9.17) is 0 Å². The predicted molar refractivity (Wildman–Crippen MR) is 89.7 cm³/mol. The first-order valence-electron chi connectivity index (χ1n) is 8.17. The maximum Gasteiger partial charge on any atom is 0.227 e. The van der Waals surface area contributed by atoms with Crippen molar-refractivity contribution in [1.82, 2.24) is 4.90 Å². The molecule has 22 heavy (non-hydrogen) atoms. The van der Waals surface area contributed by atoms with E-state index in [9.17, 15) is 4.79 Å². The first kappa shape index (κ1) is 13.6. The van der Waals surface area contributed by atoms with E-state index < -0.39 is 0 Å². The van der Waals surface area contributed by atoms with Crippen LogP contribution in [0.3, 0.4) is 0 Å². The van der Waals surface area contributed by atoms with Gasteiger partial charge in [-0.05, 0) is 42.0 Å². The number of rotatable bonds is 2. The highest BCUT2D eigenvalue weighted by Gasteiger charge is 2.40. The van der Waals surface area contributed by atoms with Crippen LogP contribution in [0.15, 0.2) is 54.6 Å². The molecule has 2 aromatic carbocycles. The van der Waals surface area contributed by atoms with Crippen molar-refractivity contribution in [3.05, 3.63) is 60.2 Å². The molecule has 2 nitrogen and oxygen atoms in total. The zero-order valence-electron chi connectivity index (χ0n) is 12.8. The van der Waals surface area contributed by atoms with Crippen molar-refractivity contribution in [1.29, 1.82) is 0 Å². The Kier molecular flexibility index (Phi) is 3.25. The number of nitrogens with zero attached hydrogens (tertiary/aromatic N) is 1. The van der Waals surface area contributed by atoms with Crippen LogP contribution in [0.4, 0.5) is 0 Å². The average Bonchev–Trinajstić information content (AvgIpc) is 2.80. The summed E-state index contributed by atoms with van der Waals surface area (Å²) in [4.78, 5) is 15.0. The highest BCUT2D eigenvalue weighted by molar-refractivity contribution is 5.90. The molecule has 0 spiro atoms. The number of benzene rings is 2. The summed E-state index contributed by atoms with van der Waals surface area (Å²) in [7, 11) is 0. The summed E-state index contributed by atoms with van der Waals surface area (Å²) >= 11 is 0. The first-order valence-corrected chi connectivity index (χ1v) is 8.17. The normalized spacial score (nSPS) is 24.0. The Labute approximate surface area is 131 Å². The van der Waals surface area contributed by atoms with E-state index in [2.05, 4.69) is 41.8 Å². The molecule has 2 heteroatoms. The van der Waals surface area contributed by atoms with Gasteiger partial charge < -0.3 is 4.90 Å². The van der Waals surface area contributed by atoms with Crippen LogP contribution in [-0.2, 0) is 11.2 Å². The third-order valence-electron chi connectivity index (χ3n) is 5.18. The average molecular weight is 291 g/mol. The number of fused-ring (bicyclic) bond motifs is 3. The summed E-state index contributed by atoms with van der Waals surface area (Å²) in [6.07, 6.45) is 4.80. The lowest BCUT2D eigenvalue weighted by molar-refractivity contribution is -0.134. The van der Waals surface area contributed by atoms with Gasteiger partial charge in [0.25, 0.3) is 0 Å². The van der Waals surface area contributed by atoms with Gasteiger partial charge >= 0.3 is 0 Å². The summed E-state index contributed by atoms with van der Waals surface area (Å²) in [5.74, 6) is 0.288. The van der Waals surface area contributed by atoms with Gasteiger partial charge in [0.1, 0.15) is 0 Å². The van der Waals surface area contributed by atoms with Crippen molar-refractivity contribution in [3.63, 3.8) is 0 Å². The van der Waals surface area contributed by atoms with Crippen molar-refractivity contribution >= 4 is 16.7 Å². The molecule has 2 aliphatic rings. The zero-order chi connectivity index (χ0) is 15.1. The van der Waals surface area contributed by atoms with Gasteiger partial charge in [-0.2, -0.15) is 0 Å². The maximum atomic E-state index is 12.9. The monoisotopic (exact) mass is 291 g/mol. The minimum Gasteiger partial charge on any atom is -0.336 e. The maximum absolute atomic E-state index is 12.9. The molecule has 0 N–H and O–H groups in total. The molecule has 0 aliphatic carbocycles. The summed E-state index contributed by atoms with van der Waals surface area (Å²) in [6.45, 7) is 4.14. The van der Waals surface area contributed by atoms with Crippen LogP contribution < -0.4 is 0 Å². The second kappa shape index (κ2) is 5.28. The van der Waals surface area contributed by atoms with Crippen LogP contribution >= 0.6 is 0 Å². The Hall–Kier alpha value is -2.09. The lowest BCUT2D eigenvalue weighted by atomic mass is 9.96. The summed E-state index contributed by atoms with van der Waals surface area (Å²) in [6, 6.07) is 15.4. The second-order valence-electron chi connectivity index (χ2n) is 6.66. The van der Waals surface area contributed by atoms with Crippen molar-refractivity contribution < 1.29 is 4.79 Å². The zero-order valence-corrected chi connectivity index (χ0v) is 12.8. The summed E-state index contributed by atoms with van der Waals surface area (Å²) in [5.41, 5.74) is 2.47. The van der Waals surface area contributed by atoms with Gasteiger partial charge in [0.05, 0.1) is 6.42 Å². The van der Waals surface area contributed by atoms with Crippen LogP contribution in [0.2, 0.25) is 0 Å². The molecule has 1 amide bonds. The number of amides is 1. The highest BCUT2D eigenvalue weighted by atomic mass is 16.2. The third kappa shape index (κ3) is 2.23. The van der Waals surface area contributed by atoms with E-state index in [-0.39, 0.29) is 5.91 Å². The van der Waals surface area contributed by atoms with Crippen molar-refractivity contribution in [2.45, 2.75) is 44.2 Å². The molecule has 2 heterocycles. The van der Waals surface area contributed by atoms with Crippen molar-refractivity contribution in [2.75, 3.05) is 0 Å². The van der Waals surface area contributed by atoms with Gasteiger partial charge in [-0.25, -0.2) is 0 Å². The number of carbonyl (C=O) groups excluding carboxylic acids is 1. The molecule has 2 unspecified atom stereocenters. The van der Waals surface area contributed by atoms with Gasteiger partial charge in [0.2, 0.25) is 5.91 Å². The molecule has 2 aliphatic heterocycles. The molecule has 0 radical (unpaired) electrons. The largest absolute Gasteiger partial charge is 0.336 e. The standard InChI is InChI=1S/C20H21NO/c1-14-11-17-9-10-18(12-14)21(17)20(22)13-16-7-4-6-15-5-2-3-8-19(15)16/h2-8,17-18H,1,9-13H2. The molecular weight excluding hydrogens is 270 g/mol. The Morgan fingerprint density at radius 2 is 1.73 bits per heavy atom. The fraction of sp³-hybridized carbons (Fsp3) is 0.350. The molecule has 0 saturated carbocycles. The number of piperidine rings is 1. The molecule has 2 atom stereocenters. The van der Waals surface area contributed by atoms with Crippen LogP contribution in [0, 0.1) is 0 Å². The molecule has 2 fully saturated rings. The number of hydrogen-bond donors (Lipinski definition) is 0. The van der Waals surface area contributed by atoms with Crippen LogP contribution in [0.5, 0.6) is 0 Å². The van der Waals surface area contributed by atoms with E-state index in [1.54, 1.807) is 0 Å². The molecular formula is C20H21NO. The van der Waals surface area contributed by atoms with Crippen LogP contribution in [-0.4, -0.2) is 22.9 Å². The van der Waals surface area contributed by atoms with Crippen molar-refractivity contribution in [3.8, 4) is 0 Å². The van der Waals surface area contributed by atoms with Crippen LogP contribution in [0.1, 0.15) is 31.2 Å². The van der Waals surface area contributed by atoms with Gasteiger partial charge in [0, 0.05) is 12.1 Å². The quantitative estimate of drug-likeness (QED) is 0.763. The Balaban J connectivity index is 1.61. The predicted octanol–water partition coefficient (Wildman–Crippen LogP) is 4.09. The SMILES string of the molecule is C=C1CC2CCC(C1)N2C(=O)Cc1cccc2ccccc12. The second-order valence-corrected chi connectivity index (χ2v) is 6.66. The molecule has 0 aromatic heterocycles. The molecule has 2 saturated heterocycles. The Bertz CT molecular complexity index is 727.